The molecule has 0 aromatic heterocycles. The van der Waals surface area contributed by atoms with Crippen LogP contribution in [0.1, 0.15) is 44.1 Å². The van der Waals surface area contributed by atoms with Crippen molar-refractivity contribution in [2.45, 2.75) is 38.5 Å². The van der Waals surface area contributed by atoms with Crippen molar-refractivity contribution in [2.24, 2.45) is 11.3 Å². The SMILES string of the molecule is CC(CNC(=O)[C@@]12CCCC[C@H]1CNC2)c1ccc(F)cc1. The molecule has 1 aliphatic carbocycles. The molecule has 0 bridgehead atoms. The lowest BCUT2D eigenvalue weighted by Crippen LogP contribution is -2.48. The molecule has 22 heavy (non-hydrogen) atoms. The Morgan fingerprint density at radius 3 is 2.95 bits per heavy atom. The molecule has 0 radical (unpaired) electrons. The summed E-state index contributed by atoms with van der Waals surface area (Å²) in [5.74, 6) is 0.664. The molecule has 0 spiro atoms. The van der Waals surface area contributed by atoms with Gasteiger partial charge in [-0.25, -0.2) is 4.39 Å². The van der Waals surface area contributed by atoms with Gasteiger partial charge in [0.25, 0.3) is 0 Å². The van der Waals surface area contributed by atoms with E-state index in [2.05, 4.69) is 17.6 Å². The van der Waals surface area contributed by atoms with Crippen LogP contribution in [0.25, 0.3) is 0 Å². The van der Waals surface area contributed by atoms with Gasteiger partial charge in [0.15, 0.2) is 0 Å². The van der Waals surface area contributed by atoms with Crippen LogP contribution in [0.4, 0.5) is 4.39 Å². The predicted molar refractivity (Wildman–Crippen MR) is 85.1 cm³/mol. The maximum Gasteiger partial charge on any atom is 0.227 e. The average Bonchev–Trinajstić information content (AvgIpc) is 2.98. The van der Waals surface area contributed by atoms with E-state index in [4.69, 9.17) is 0 Å². The third kappa shape index (κ3) is 2.89. The zero-order valence-electron chi connectivity index (χ0n) is 13.2. The highest BCUT2D eigenvalue weighted by molar-refractivity contribution is 5.84. The van der Waals surface area contributed by atoms with E-state index in [0.717, 1.165) is 37.9 Å². The number of hydrogen-bond donors (Lipinski definition) is 2. The molecule has 120 valence electrons. The summed E-state index contributed by atoms with van der Waals surface area (Å²) >= 11 is 0. The topological polar surface area (TPSA) is 41.1 Å². The number of rotatable bonds is 4. The summed E-state index contributed by atoms with van der Waals surface area (Å²) < 4.78 is 13.0. The van der Waals surface area contributed by atoms with Gasteiger partial charge in [-0.3, -0.25) is 4.79 Å². The Balaban J connectivity index is 1.61. The highest BCUT2D eigenvalue weighted by Crippen LogP contribution is 2.43. The van der Waals surface area contributed by atoms with Crippen molar-refractivity contribution in [2.75, 3.05) is 19.6 Å². The Bertz CT molecular complexity index is 530. The van der Waals surface area contributed by atoms with Gasteiger partial charge in [-0.05, 0) is 48.9 Å². The van der Waals surface area contributed by atoms with Crippen molar-refractivity contribution < 1.29 is 9.18 Å². The summed E-state index contributed by atoms with van der Waals surface area (Å²) in [6, 6.07) is 6.55. The van der Waals surface area contributed by atoms with Crippen LogP contribution in [0.2, 0.25) is 0 Å². The van der Waals surface area contributed by atoms with Crippen LogP contribution in [0.5, 0.6) is 0 Å². The van der Waals surface area contributed by atoms with Crippen molar-refractivity contribution in [3.05, 3.63) is 35.6 Å². The molecule has 2 aliphatic rings. The van der Waals surface area contributed by atoms with E-state index in [0.29, 0.717) is 12.5 Å². The Morgan fingerprint density at radius 2 is 2.18 bits per heavy atom. The van der Waals surface area contributed by atoms with Gasteiger partial charge in [-0.1, -0.05) is 31.9 Å². The zero-order chi connectivity index (χ0) is 15.6. The van der Waals surface area contributed by atoms with Crippen molar-refractivity contribution in [1.29, 1.82) is 0 Å². The third-order valence-electron chi connectivity index (χ3n) is 5.50. The monoisotopic (exact) mass is 304 g/mol. The molecule has 3 atom stereocenters. The van der Waals surface area contributed by atoms with Crippen LogP contribution in [0, 0.1) is 17.2 Å². The first-order valence-corrected chi connectivity index (χ1v) is 8.36. The molecule has 1 unspecified atom stereocenters. The van der Waals surface area contributed by atoms with Gasteiger partial charge in [-0.2, -0.15) is 0 Å². The largest absolute Gasteiger partial charge is 0.355 e. The minimum absolute atomic E-state index is 0.192. The van der Waals surface area contributed by atoms with Crippen LogP contribution in [-0.4, -0.2) is 25.5 Å². The van der Waals surface area contributed by atoms with Crippen molar-refractivity contribution >= 4 is 5.91 Å². The van der Waals surface area contributed by atoms with Crippen molar-refractivity contribution in [3.8, 4) is 0 Å². The molecule has 2 N–H and O–H groups in total. The Labute approximate surface area is 131 Å². The molecular formula is C18H25FN2O. The molecular weight excluding hydrogens is 279 g/mol. The highest BCUT2D eigenvalue weighted by atomic mass is 19.1. The predicted octanol–water partition coefficient (Wildman–Crippen LogP) is 2.83. The molecule has 1 amide bonds. The van der Waals surface area contributed by atoms with Crippen LogP contribution in [0.15, 0.2) is 24.3 Å². The Hall–Kier alpha value is -1.42. The maximum atomic E-state index is 13.0. The number of amides is 1. The highest BCUT2D eigenvalue weighted by Gasteiger charge is 2.49. The van der Waals surface area contributed by atoms with Gasteiger partial charge >= 0.3 is 0 Å². The standard InChI is InChI=1S/C18H25FN2O/c1-13(14-5-7-16(19)8-6-14)10-21-17(22)18-9-3-2-4-15(18)11-20-12-18/h5-8,13,15,20H,2-4,9-12H2,1H3,(H,21,22)/t13?,15-,18+/m0/s1. The first kappa shape index (κ1) is 15.5. The number of hydrogen-bond acceptors (Lipinski definition) is 2. The number of halogens is 1. The maximum absolute atomic E-state index is 13.0. The summed E-state index contributed by atoms with van der Waals surface area (Å²) in [4.78, 5) is 12.8. The number of nitrogens with one attached hydrogen (secondary N) is 2. The molecule has 1 aromatic carbocycles. The lowest BCUT2D eigenvalue weighted by molar-refractivity contribution is -0.134. The van der Waals surface area contributed by atoms with Gasteiger partial charge in [-0.15, -0.1) is 0 Å². The van der Waals surface area contributed by atoms with Gasteiger partial charge < -0.3 is 10.6 Å². The number of benzene rings is 1. The van der Waals surface area contributed by atoms with Crippen LogP contribution >= 0.6 is 0 Å². The van der Waals surface area contributed by atoms with E-state index >= 15 is 0 Å². The van der Waals surface area contributed by atoms with Gasteiger partial charge in [0.1, 0.15) is 5.82 Å². The quantitative estimate of drug-likeness (QED) is 0.898. The average molecular weight is 304 g/mol. The van der Waals surface area contributed by atoms with Gasteiger partial charge in [0, 0.05) is 13.1 Å². The molecule has 1 saturated heterocycles. The Kier molecular flexibility index (Phi) is 4.48. The summed E-state index contributed by atoms with van der Waals surface area (Å²) in [6.45, 7) is 4.46. The van der Waals surface area contributed by atoms with Crippen LogP contribution in [0.3, 0.4) is 0 Å². The van der Waals surface area contributed by atoms with E-state index in [1.165, 1.54) is 18.6 Å². The lowest BCUT2D eigenvalue weighted by atomic mass is 9.67. The second-order valence-electron chi connectivity index (χ2n) is 6.89. The second kappa shape index (κ2) is 6.37. The summed E-state index contributed by atoms with van der Waals surface area (Å²) in [5.41, 5.74) is 0.866. The molecule has 3 nitrogen and oxygen atoms in total. The number of fused-ring (bicyclic) bond motifs is 1. The minimum Gasteiger partial charge on any atom is -0.355 e. The summed E-state index contributed by atoms with van der Waals surface area (Å²) in [6.07, 6.45) is 4.56. The van der Waals surface area contributed by atoms with E-state index < -0.39 is 0 Å². The summed E-state index contributed by atoms with van der Waals surface area (Å²) in [5, 5.41) is 6.56. The second-order valence-corrected chi connectivity index (χ2v) is 6.89. The fraction of sp³-hybridized carbons (Fsp3) is 0.611. The van der Waals surface area contributed by atoms with Crippen LogP contribution < -0.4 is 10.6 Å². The van der Waals surface area contributed by atoms with Gasteiger partial charge in [0.2, 0.25) is 5.91 Å². The number of carbonyl (C=O) groups is 1. The first-order valence-electron chi connectivity index (χ1n) is 8.36. The van der Waals surface area contributed by atoms with E-state index in [9.17, 15) is 9.18 Å². The van der Waals surface area contributed by atoms with E-state index in [1.807, 2.05) is 0 Å². The van der Waals surface area contributed by atoms with Crippen LogP contribution in [-0.2, 0) is 4.79 Å². The normalized spacial score (nSPS) is 28.9. The third-order valence-corrected chi connectivity index (χ3v) is 5.50. The van der Waals surface area contributed by atoms with Crippen molar-refractivity contribution in [1.82, 2.24) is 10.6 Å². The fourth-order valence-corrected chi connectivity index (χ4v) is 4.02. The van der Waals surface area contributed by atoms with Crippen molar-refractivity contribution in [3.63, 3.8) is 0 Å². The van der Waals surface area contributed by atoms with Gasteiger partial charge in [0.05, 0.1) is 5.41 Å². The smallest absolute Gasteiger partial charge is 0.227 e. The number of carbonyl (C=O) groups excluding carboxylic acids is 1. The molecule has 1 heterocycles. The fourth-order valence-electron chi connectivity index (χ4n) is 4.02. The molecule has 1 aromatic rings. The minimum atomic E-state index is -0.221. The van der Waals surface area contributed by atoms with E-state index in [-0.39, 0.29) is 23.1 Å². The first-order chi connectivity index (χ1) is 10.6. The summed E-state index contributed by atoms with van der Waals surface area (Å²) in [7, 11) is 0. The molecule has 2 fully saturated rings. The zero-order valence-corrected chi connectivity index (χ0v) is 13.2. The molecule has 3 rings (SSSR count). The van der Waals surface area contributed by atoms with E-state index in [1.54, 1.807) is 12.1 Å². The molecule has 1 saturated carbocycles. The molecule has 1 aliphatic heterocycles. The molecule has 4 heteroatoms. The lowest BCUT2D eigenvalue weighted by Gasteiger charge is -2.37. The Morgan fingerprint density at radius 1 is 1.41 bits per heavy atom.